The minimum Gasteiger partial charge on any atom is -0.399 e. The Bertz CT molecular complexity index is 904. The summed E-state index contributed by atoms with van der Waals surface area (Å²) in [6, 6.07) is 2.04. The summed E-state index contributed by atoms with van der Waals surface area (Å²) < 4.78 is 0. The summed E-state index contributed by atoms with van der Waals surface area (Å²) in [5.41, 5.74) is 16.8. The van der Waals surface area contributed by atoms with Gasteiger partial charge in [0.05, 0.1) is 12.6 Å². The molecular weight excluding hydrogens is 406 g/mol. The van der Waals surface area contributed by atoms with E-state index >= 15 is 0 Å². The molecule has 2 rings (SSSR count). The highest BCUT2D eigenvalue weighted by atomic mass is 16.2. The molecule has 9 N–H and O–H groups in total. The first kappa shape index (κ1) is 23.6. The highest BCUT2D eigenvalue weighted by Crippen LogP contribution is 2.19. The van der Waals surface area contributed by atoms with E-state index in [1.54, 1.807) is 14.0 Å². The SMILES string of the molecule is CN[C@@H](C)C(=O)NCC(=O)N1C[C@@H](NC(=O)c2cc(N)cc(C(N)=O)c2)C[C@H]1C(N)=O. The van der Waals surface area contributed by atoms with Crippen LogP contribution in [0.5, 0.6) is 0 Å². The van der Waals surface area contributed by atoms with Crippen molar-refractivity contribution in [2.24, 2.45) is 11.5 Å². The molecule has 0 aliphatic carbocycles. The predicted molar refractivity (Wildman–Crippen MR) is 111 cm³/mol. The van der Waals surface area contributed by atoms with Gasteiger partial charge in [0, 0.05) is 29.4 Å². The summed E-state index contributed by atoms with van der Waals surface area (Å²) in [7, 11) is 1.61. The van der Waals surface area contributed by atoms with Gasteiger partial charge in [-0.05, 0) is 38.6 Å². The zero-order chi connectivity index (χ0) is 23.3. The molecule has 1 saturated heterocycles. The van der Waals surface area contributed by atoms with E-state index in [-0.39, 0.29) is 42.2 Å². The summed E-state index contributed by atoms with van der Waals surface area (Å²) in [6.45, 7) is 1.35. The number of amides is 5. The van der Waals surface area contributed by atoms with E-state index in [2.05, 4.69) is 16.0 Å². The molecule has 1 aromatic rings. The fourth-order valence-corrected chi connectivity index (χ4v) is 3.23. The molecule has 0 spiro atoms. The second kappa shape index (κ2) is 9.89. The lowest BCUT2D eigenvalue weighted by molar-refractivity contribution is -0.137. The van der Waals surface area contributed by atoms with Crippen molar-refractivity contribution >= 4 is 35.2 Å². The smallest absolute Gasteiger partial charge is 0.251 e. The lowest BCUT2D eigenvalue weighted by Gasteiger charge is -2.22. The molecule has 12 heteroatoms. The monoisotopic (exact) mass is 433 g/mol. The first-order chi connectivity index (χ1) is 14.5. The second-order valence-electron chi connectivity index (χ2n) is 7.31. The lowest BCUT2D eigenvalue weighted by atomic mass is 10.1. The van der Waals surface area contributed by atoms with Crippen molar-refractivity contribution in [3.05, 3.63) is 29.3 Å². The van der Waals surface area contributed by atoms with E-state index in [0.717, 1.165) is 0 Å². The molecule has 1 aliphatic heterocycles. The normalized spacial score (nSPS) is 18.8. The van der Waals surface area contributed by atoms with Gasteiger partial charge in [-0.2, -0.15) is 0 Å². The zero-order valence-electron chi connectivity index (χ0n) is 17.3. The molecule has 1 heterocycles. The van der Waals surface area contributed by atoms with Crippen LogP contribution in [0.4, 0.5) is 5.69 Å². The van der Waals surface area contributed by atoms with Gasteiger partial charge in [0.1, 0.15) is 6.04 Å². The Balaban J connectivity index is 2.06. The number of hydrogen-bond acceptors (Lipinski definition) is 7. The quantitative estimate of drug-likeness (QED) is 0.239. The molecular formula is C19H27N7O5. The molecule has 5 amide bonds. The minimum absolute atomic E-state index is 0.0284. The van der Waals surface area contributed by atoms with Crippen molar-refractivity contribution in [2.45, 2.75) is 31.5 Å². The maximum absolute atomic E-state index is 12.6. The first-order valence-corrected chi connectivity index (χ1v) is 9.58. The van der Waals surface area contributed by atoms with E-state index < -0.39 is 41.8 Å². The van der Waals surface area contributed by atoms with Crippen molar-refractivity contribution in [1.82, 2.24) is 20.9 Å². The molecule has 12 nitrogen and oxygen atoms in total. The van der Waals surface area contributed by atoms with Crippen LogP contribution < -0.4 is 33.2 Å². The van der Waals surface area contributed by atoms with Gasteiger partial charge in [-0.25, -0.2) is 0 Å². The average Bonchev–Trinajstić information content (AvgIpc) is 3.14. The molecule has 0 radical (unpaired) electrons. The number of likely N-dealkylation sites (N-methyl/N-ethyl adjacent to an activating group) is 1. The van der Waals surface area contributed by atoms with Crippen molar-refractivity contribution in [3.8, 4) is 0 Å². The Morgan fingerprint density at radius 1 is 1.13 bits per heavy atom. The van der Waals surface area contributed by atoms with Crippen LogP contribution in [-0.4, -0.2) is 72.7 Å². The number of nitrogens with zero attached hydrogens (tertiary/aromatic N) is 1. The zero-order valence-corrected chi connectivity index (χ0v) is 17.3. The van der Waals surface area contributed by atoms with Crippen molar-refractivity contribution < 1.29 is 24.0 Å². The van der Waals surface area contributed by atoms with Gasteiger partial charge in [-0.1, -0.05) is 0 Å². The largest absolute Gasteiger partial charge is 0.399 e. The number of primary amides is 2. The highest BCUT2D eigenvalue weighted by molar-refractivity contribution is 6.00. The molecule has 1 aromatic carbocycles. The van der Waals surface area contributed by atoms with Crippen LogP contribution in [0.2, 0.25) is 0 Å². The van der Waals surface area contributed by atoms with Crippen LogP contribution in [0.1, 0.15) is 34.1 Å². The molecule has 1 aliphatic rings. The summed E-state index contributed by atoms with van der Waals surface area (Å²) >= 11 is 0. The molecule has 0 unspecified atom stereocenters. The first-order valence-electron chi connectivity index (χ1n) is 9.58. The van der Waals surface area contributed by atoms with Crippen LogP contribution in [0.3, 0.4) is 0 Å². The number of anilines is 1. The van der Waals surface area contributed by atoms with Crippen molar-refractivity contribution in [2.75, 3.05) is 25.9 Å². The van der Waals surface area contributed by atoms with Gasteiger partial charge in [0.15, 0.2) is 0 Å². The van der Waals surface area contributed by atoms with Crippen LogP contribution in [0.25, 0.3) is 0 Å². The molecule has 168 valence electrons. The number of nitrogen functional groups attached to an aromatic ring is 1. The number of carbonyl (C=O) groups excluding carboxylic acids is 5. The van der Waals surface area contributed by atoms with Crippen LogP contribution in [-0.2, 0) is 14.4 Å². The van der Waals surface area contributed by atoms with Gasteiger partial charge in [-0.3, -0.25) is 24.0 Å². The van der Waals surface area contributed by atoms with E-state index in [4.69, 9.17) is 17.2 Å². The summed E-state index contributed by atoms with van der Waals surface area (Å²) in [4.78, 5) is 61.4. The standard InChI is InChI=1S/C19H27N7O5/c1-9(23-2)18(30)24-7-15(27)26-8-13(6-14(26)17(22)29)25-19(31)11-3-10(16(21)28)4-12(20)5-11/h3-5,9,13-14,23H,6-8,20H2,1-2H3,(H2,21,28)(H2,22,29)(H,24,30)(H,25,31)/t9-,13-,14-/m0/s1. The van der Waals surface area contributed by atoms with Crippen LogP contribution in [0, 0.1) is 0 Å². The Morgan fingerprint density at radius 2 is 1.77 bits per heavy atom. The number of rotatable bonds is 8. The number of likely N-dealkylation sites (tertiary alicyclic amines) is 1. The highest BCUT2D eigenvalue weighted by Gasteiger charge is 2.39. The maximum atomic E-state index is 12.6. The van der Waals surface area contributed by atoms with Crippen molar-refractivity contribution in [1.29, 1.82) is 0 Å². The van der Waals surface area contributed by atoms with Crippen LogP contribution in [0.15, 0.2) is 18.2 Å². The van der Waals surface area contributed by atoms with Gasteiger partial charge >= 0.3 is 0 Å². The second-order valence-corrected chi connectivity index (χ2v) is 7.31. The van der Waals surface area contributed by atoms with Gasteiger partial charge < -0.3 is 38.1 Å². The Labute approximate surface area is 178 Å². The molecule has 31 heavy (non-hydrogen) atoms. The molecule has 0 saturated carbocycles. The maximum Gasteiger partial charge on any atom is 0.251 e. The summed E-state index contributed by atoms with van der Waals surface area (Å²) in [6.07, 6.45) is 0.110. The van der Waals surface area contributed by atoms with Crippen LogP contribution >= 0.6 is 0 Å². The number of carbonyl (C=O) groups is 5. The third-order valence-corrected chi connectivity index (χ3v) is 5.03. The third kappa shape index (κ3) is 5.92. The van der Waals surface area contributed by atoms with Crippen molar-refractivity contribution in [3.63, 3.8) is 0 Å². The number of nitrogens with one attached hydrogen (secondary N) is 3. The molecule has 0 bridgehead atoms. The van der Waals surface area contributed by atoms with E-state index in [0.29, 0.717) is 0 Å². The number of benzene rings is 1. The van der Waals surface area contributed by atoms with E-state index in [1.165, 1.54) is 23.1 Å². The molecule has 3 atom stereocenters. The Morgan fingerprint density at radius 3 is 2.35 bits per heavy atom. The number of hydrogen-bond donors (Lipinski definition) is 6. The topological polar surface area (TPSA) is 203 Å². The third-order valence-electron chi connectivity index (χ3n) is 5.03. The predicted octanol–water partition coefficient (Wildman–Crippen LogP) is -2.72. The fourth-order valence-electron chi connectivity index (χ4n) is 3.23. The van der Waals surface area contributed by atoms with Gasteiger partial charge in [-0.15, -0.1) is 0 Å². The Kier molecular flexibility index (Phi) is 7.53. The number of nitrogens with two attached hydrogens (primary N) is 3. The molecule has 0 aromatic heterocycles. The lowest BCUT2D eigenvalue weighted by Crippen LogP contribution is -2.49. The minimum atomic E-state index is -0.932. The average molecular weight is 433 g/mol. The van der Waals surface area contributed by atoms with E-state index in [9.17, 15) is 24.0 Å². The summed E-state index contributed by atoms with van der Waals surface area (Å²) in [5.74, 6) is -2.88. The molecule has 1 fully saturated rings. The van der Waals surface area contributed by atoms with E-state index in [1.807, 2.05) is 0 Å². The van der Waals surface area contributed by atoms with Gasteiger partial charge in [0.2, 0.25) is 23.6 Å². The fraction of sp³-hybridized carbons (Fsp3) is 0.421. The summed E-state index contributed by atoms with van der Waals surface area (Å²) in [5, 5.41) is 7.94. The van der Waals surface area contributed by atoms with Gasteiger partial charge in [0.25, 0.3) is 5.91 Å². The Hall–Kier alpha value is -3.67.